The second-order valence-electron chi connectivity index (χ2n) is 5.17. The summed E-state index contributed by atoms with van der Waals surface area (Å²) in [5.74, 6) is 0.449. The number of hydrogen-bond acceptors (Lipinski definition) is 2. The first-order valence-corrected chi connectivity index (χ1v) is 7.06. The molecule has 2 aromatic carbocycles. The summed E-state index contributed by atoms with van der Waals surface area (Å²) in [6.07, 6.45) is 0. The van der Waals surface area contributed by atoms with Crippen LogP contribution in [0.15, 0.2) is 65.1 Å². The summed E-state index contributed by atoms with van der Waals surface area (Å²) in [6, 6.07) is 19.5. The van der Waals surface area contributed by atoms with Crippen LogP contribution >= 0.6 is 0 Å². The minimum Gasteiger partial charge on any atom is -0.451 e. The molecule has 0 saturated heterocycles. The van der Waals surface area contributed by atoms with Crippen molar-refractivity contribution in [2.24, 2.45) is 0 Å². The molecule has 3 aromatic rings. The Morgan fingerprint density at radius 1 is 1.10 bits per heavy atom. The van der Waals surface area contributed by atoms with Gasteiger partial charge >= 0.3 is 0 Å². The second kappa shape index (κ2) is 5.83. The van der Waals surface area contributed by atoms with Crippen LogP contribution in [0.3, 0.4) is 0 Å². The van der Waals surface area contributed by atoms with E-state index in [2.05, 4.69) is 24.4 Å². The number of para-hydroxylation sites is 1. The second-order valence-corrected chi connectivity index (χ2v) is 5.17. The largest absolute Gasteiger partial charge is 0.451 e. The molecule has 3 rings (SSSR count). The zero-order chi connectivity index (χ0) is 14.7. The Bertz CT molecular complexity index is 713. The number of carbonyl (C=O) groups is 1. The Kier molecular flexibility index (Phi) is 3.73. The zero-order valence-corrected chi connectivity index (χ0v) is 11.9. The summed E-state index contributed by atoms with van der Waals surface area (Å²) in [5, 5.41) is 3.87. The molecule has 1 amide bonds. The highest BCUT2D eigenvalue weighted by molar-refractivity contribution is 5.96. The van der Waals surface area contributed by atoms with Crippen LogP contribution in [0.25, 0.3) is 11.0 Å². The maximum atomic E-state index is 12.1. The smallest absolute Gasteiger partial charge is 0.287 e. The molecule has 1 aromatic heterocycles. The third-order valence-electron chi connectivity index (χ3n) is 3.59. The Labute approximate surface area is 123 Å². The van der Waals surface area contributed by atoms with Crippen molar-refractivity contribution >= 4 is 16.9 Å². The summed E-state index contributed by atoms with van der Waals surface area (Å²) in [5.41, 5.74) is 1.95. The standard InChI is InChI=1S/C18H17NO2/c1-13(14-7-3-2-4-8-14)12-19-18(20)17-11-15-9-5-6-10-16(15)21-17/h2-11,13H,12H2,1H3,(H,19,20). The van der Waals surface area contributed by atoms with Crippen molar-refractivity contribution in [2.75, 3.05) is 6.54 Å². The van der Waals surface area contributed by atoms with Crippen LogP contribution in [0.2, 0.25) is 0 Å². The van der Waals surface area contributed by atoms with E-state index in [0.29, 0.717) is 12.3 Å². The van der Waals surface area contributed by atoms with Crippen LogP contribution in [0.5, 0.6) is 0 Å². The molecule has 1 atom stereocenters. The van der Waals surface area contributed by atoms with E-state index in [1.165, 1.54) is 5.56 Å². The van der Waals surface area contributed by atoms with Crippen molar-refractivity contribution in [2.45, 2.75) is 12.8 Å². The van der Waals surface area contributed by atoms with E-state index in [0.717, 1.165) is 11.0 Å². The third-order valence-corrected chi connectivity index (χ3v) is 3.59. The average Bonchev–Trinajstić information content (AvgIpc) is 2.97. The molecule has 0 spiro atoms. The Balaban J connectivity index is 1.66. The van der Waals surface area contributed by atoms with Gasteiger partial charge in [0, 0.05) is 11.9 Å². The minimum absolute atomic E-state index is 0.172. The molecule has 1 unspecified atom stereocenters. The molecular weight excluding hydrogens is 262 g/mol. The van der Waals surface area contributed by atoms with Crippen LogP contribution in [0.1, 0.15) is 29.0 Å². The van der Waals surface area contributed by atoms with Crippen LogP contribution in [0.4, 0.5) is 0 Å². The van der Waals surface area contributed by atoms with Crippen LogP contribution < -0.4 is 5.32 Å². The molecule has 0 fully saturated rings. The fourth-order valence-electron chi connectivity index (χ4n) is 2.33. The number of fused-ring (bicyclic) bond motifs is 1. The monoisotopic (exact) mass is 279 g/mol. The van der Waals surface area contributed by atoms with Gasteiger partial charge in [-0.1, -0.05) is 55.5 Å². The molecule has 0 saturated carbocycles. The SMILES string of the molecule is CC(CNC(=O)c1cc2ccccc2o1)c1ccccc1. The zero-order valence-electron chi connectivity index (χ0n) is 11.9. The van der Waals surface area contributed by atoms with Gasteiger partial charge in [0.15, 0.2) is 5.76 Å². The predicted octanol–water partition coefficient (Wildman–Crippen LogP) is 3.97. The van der Waals surface area contributed by atoms with E-state index in [-0.39, 0.29) is 11.8 Å². The number of furan rings is 1. The van der Waals surface area contributed by atoms with Gasteiger partial charge in [0.05, 0.1) is 0 Å². The molecular formula is C18H17NO2. The lowest BCUT2D eigenvalue weighted by atomic mass is 10.0. The highest BCUT2D eigenvalue weighted by Crippen LogP contribution is 2.19. The van der Waals surface area contributed by atoms with Crippen molar-refractivity contribution in [1.29, 1.82) is 0 Å². The number of amides is 1. The Morgan fingerprint density at radius 3 is 2.57 bits per heavy atom. The van der Waals surface area contributed by atoms with E-state index in [9.17, 15) is 4.79 Å². The summed E-state index contributed by atoms with van der Waals surface area (Å²) < 4.78 is 5.56. The molecule has 106 valence electrons. The summed E-state index contributed by atoms with van der Waals surface area (Å²) in [6.45, 7) is 2.67. The highest BCUT2D eigenvalue weighted by atomic mass is 16.3. The first kappa shape index (κ1) is 13.4. The molecule has 0 aliphatic heterocycles. The summed E-state index contributed by atoms with van der Waals surface area (Å²) >= 11 is 0. The first-order valence-electron chi connectivity index (χ1n) is 7.06. The van der Waals surface area contributed by atoms with Gasteiger partial charge in [-0.15, -0.1) is 0 Å². The average molecular weight is 279 g/mol. The Hall–Kier alpha value is -2.55. The topological polar surface area (TPSA) is 42.2 Å². The van der Waals surface area contributed by atoms with Gasteiger partial charge in [-0.3, -0.25) is 4.79 Å². The van der Waals surface area contributed by atoms with Crippen LogP contribution in [0, 0.1) is 0 Å². The molecule has 1 N–H and O–H groups in total. The summed E-state index contributed by atoms with van der Waals surface area (Å²) in [7, 11) is 0. The van der Waals surface area contributed by atoms with E-state index >= 15 is 0 Å². The molecule has 0 aliphatic rings. The number of hydrogen-bond donors (Lipinski definition) is 1. The first-order chi connectivity index (χ1) is 10.2. The fraction of sp³-hybridized carbons (Fsp3) is 0.167. The van der Waals surface area contributed by atoms with E-state index in [1.54, 1.807) is 6.07 Å². The van der Waals surface area contributed by atoms with Crippen LogP contribution in [-0.4, -0.2) is 12.5 Å². The molecule has 1 heterocycles. The number of carbonyl (C=O) groups excluding carboxylic acids is 1. The van der Waals surface area contributed by atoms with Crippen molar-refractivity contribution in [3.8, 4) is 0 Å². The lowest BCUT2D eigenvalue weighted by molar-refractivity contribution is 0.0926. The maximum absolute atomic E-state index is 12.1. The van der Waals surface area contributed by atoms with Crippen molar-refractivity contribution in [1.82, 2.24) is 5.32 Å². The predicted molar refractivity (Wildman–Crippen MR) is 83.4 cm³/mol. The quantitative estimate of drug-likeness (QED) is 0.785. The molecule has 3 nitrogen and oxygen atoms in total. The minimum atomic E-state index is -0.172. The van der Waals surface area contributed by atoms with Crippen LogP contribution in [-0.2, 0) is 0 Å². The van der Waals surface area contributed by atoms with Gasteiger partial charge in [-0.05, 0) is 23.6 Å². The number of rotatable bonds is 4. The Morgan fingerprint density at radius 2 is 1.81 bits per heavy atom. The molecule has 0 aliphatic carbocycles. The van der Waals surface area contributed by atoms with Gasteiger partial charge in [-0.2, -0.15) is 0 Å². The van der Waals surface area contributed by atoms with Gasteiger partial charge < -0.3 is 9.73 Å². The summed E-state index contributed by atoms with van der Waals surface area (Å²) in [4.78, 5) is 12.1. The maximum Gasteiger partial charge on any atom is 0.287 e. The molecule has 0 bridgehead atoms. The van der Waals surface area contributed by atoms with E-state index in [1.807, 2.05) is 42.5 Å². The third kappa shape index (κ3) is 2.97. The van der Waals surface area contributed by atoms with E-state index in [4.69, 9.17) is 4.42 Å². The molecule has 0 radical (unpaired) electrons. The number of benzene rings is 2. The fourth-order valence-corrected chi connectivity index (χ4v) is 2.33. The number of nitrogens with one attached hydrogen (secondary N) is 1. The molecule has 3 heteroatoms. The van der Waals surface area contributed by atoms with Gasteiger partial charge in [0.25, 0.3) is 5.91 Å². The lowest BCUT2D eigenvalue weighted by Crippen LogP contribution is -2.27. The van der Waals surface area contributed by atoms with Gasteiger partial charge in [-0.25, -0.2) is 0 Å². The highest BCUT2D eigenvalue weighted by Gasteiger charge is 2.13. The van der Waals surface area contributed by atoms with E-state index < -0.39 is 0 Å². The normalized spacial score (nSPS) is 12.2. The van der Waals surface area contributed by atoms with Gasteiger partial charge in [0.2, 0.25) is 0 Å². The van der Waals surface area contributed by atoms with Crippen molar-refractivity contribution < 1.29 is 9.21 Å². The lowest BCUT2D eigenvalue weighted by Gasteiger charge is -2.12. The molecule has 21 heavy (non-hydrogen) atoms. The van der Waals surface area contributed by atoms with Crippen molar-refractivity contribution in [3.05, 3.63) is 72.0 Å². The van der Waals surface area contributed by atoms with Crippen molar-refractivity contribution in [3.63, 3.8) is 0 Å². The van der Waals surface area contributed by atoms with Gasteiger partial charge in [0.1, 0.15) is 5.58 Å².